The Morgan fingerprint density at radius 3 is 2.65 bits per heavy atom. The molecular formula is C16H19Cl2N3OS. The maximum Gasteiger partial charge on any atom is 0.263 e. The average molecular weight is 372 g/mol. The van der Waals surface area contributed by atoms with Crippen molar-refractivity contribution in [3.8, 4) is 10.6 Å². The zero-order valence-corrected chi connectivity index (χ0v) is 14.9. The second-order valence-corrected chi connectivity index (χ2v) is 7.03. The van der Waals surface area contributed by atoms with Gasteiger partial charge in [-0.15, -0.1) is 23.7 Å². The summed E-state index contributed by atoms with van der Waals surface area (Å²) in [5.41, 5.74) is 6.75. The minimum atomic E-state index is -0.0590. The van der Waals surface area contributed by atoms with Crippen molar-refractivity contribution in [2.45, 2.75) is 37.8 Å². The molecule has 0 aliphatic heterocycles. The number of nitrogens with zero attached hydrogens (tertiary/aromatic N) is 1. The number of nitrogens with one attached hydrogen (secondary N) is 1. The summed E-state index contributed by atoms with van der Waals surface area (Å²) in [5.74, 6) is -0.0590. The van der Waals surface area contributed by atoms with Crippen molar-refractivity contribution in [3.63, 3.8) is 0 Å². The molecule has 0 radical (unpaired) electrons. The van der Waals surface area contributed by atoms with Gasteiger partial charge in [0.25, 0.3) is 5.91 Å². The van der Waals surface area contributed by atoms with Crippen LogP contribution in [-0.4, -0.2) is 23.0 Å². The van der Waals surface area contributed by atoms with E-state index in [0.717, 1.165) is 36.3 Å². The van der Waals surface area contributed by atoms with Gasteiger partial charge in [0, 0.05) is 17.6 Å². The zero-order chi connectivity index (χ0) is 15.5. The monoisotopic (exact) mass is 371 g/mol. The first-order chi connectivity index (χ1) is 10.6. The predicted octanol–water partition coefficient (Wildman–Crippen LogP) is 3.89. The lowest BCUT2D eigenvalue weighted by Gasteiger charge is -2.26. The Kier molecular flexibility index (Phi) is 6.41. The molecule has 1 fully saturated rings. The number of hydrogen-bond acceptors (Lipinski definition) is 4. The minimum absolute atomic E-state index is 0. The van der Waals surface area contributed by atoms with Crippen molar-refractivity contribution in [3.05, 3.63) is 40.4 Å². The molecule has 23 heavy (non-hydrogen) atoms. The van der Waals surface area contributed by atoms with E-state index in [1.165, 1.54) is 11.3 Å². The molecule has 3 rings (SSSR count). The van der Waals surface area contributed by atoms with Gasteiger partial charge in [-0.3, -0.25) is 4.79 Å². The fourth-order valence-corrected chi connectivity index (χ4v) is 3.80. The van der Waals surface area contributed by atoms with Crippen molar-refractivity contribution in [2.75, 3.05) is 0 Å². The summed E-state index contributed by atoms with van der Waals surface area (Å²) in [5, 5.41) is 4.49. The number of carbonyl (C=O) groups excluding carboxylic acids is 1. The molecule has 1 heterocycles. The summed E-state index contributed by atoms with van der Waals surface area (Å²) in [7, 11) is 0. The summed E-state index contributed by atoms with van der Waals surface area (Å²) in [6, 6.07) is 8.02. The largest absolute Gasteiger partial charge is 0.349 e. The second-order valence-electron chi connectivity index (χ2n) is 5.59. The van der Waals surface area contributed by atoms with Crippen LogP contribution in [0.2, 0.25) is 5.02 Å². The number of thiazole rings is 1. The van der Waals surface area contributed by atoms with E-state index < -0.39 is 0 Å². The van der Waals surface area contributed by atoms with Gasteiger partial charge in [-0.25, -0.2) is 4.98 Å². The molecule has 1 saturated carbocycles. The third-order valence-electron chi connectivity index (χ3n) is 3.94. The van der Waals surface area contributed by atoms with Crippen LogP contribution in [0.5, 0.6) is 0 Å². The highest BCUT2D eigenvalue weighted by atomic mass is 35.5. The van der Waals surface area contributed by atoms with Gasteiger partial charge in [-0.1, -0.05) is 29.8 Å². The Hall–Kier alpha value is -1.14. The zero-order valence-electron chi connectivity index (χ0n) is 12.5. The molecule has 0 bridgehead atoms. The van der Waals surface area contributed by atoms with Crippen LogP contribution in [0.3, 0.4) is 0 Å². The first-order valence-corrected chi connectivity index (χ1v) is 8.60. The van der Waals surface area contributed by atoms with Gasteiger partial charge < -0.3 is 11.1 Å². The van der Waals surface area contributed by atoms with Crippen molar-refractivity contribution < 1.29 is 4.79 Å². The normalized spacial score (nSPS) is 20.6. The Labute approximate surface area is 150 Å². The Morgan fingerprint density at radius 1 is 1.26 bits per heavy atom. The first-order valence-electron chi connectivity index (χ1n) is 7.40. The molecule has 1 amide bonds. The summed E-state index contributed by atoms with van der Waals surface area (Å²) in [6.45, 7) is 0. The number of rotatable bonds is 3. The third kappa shape index (κ3) is 4.44. The fraction of sp³-hybridized carbons (Fsp3) is 0.375. The molecule has 3 N–H and O–H groups in total. The summed E-state index contributed by atoms with van der Waals surface area (Å²) < 4.78 is 0. The van der Waals surface area contributed by atoms with Crippen LogP contribution in [0.25, 0.3) is 10.6 Å². The van der Waals surface area contributed by atoms with Gasteiger partial charge in [0.05, 0.1) is 11.2 Å². The lowest BCUT2D eigenvalue weighted by Crippen LogP contribution is -2.40. The van der Waals surface area contributed by atoms with E-state index in [1.54, 1.807) is 6.20 Å². The Morgan fingerprint density at radius 2 is 1.96 bits per heavy atom. The lowest BCUT2D eigenvalue weighted by atomic mass is 9.92. The number of aromatic nitrogens is 1. The number of hydrogen-bond donors (Lipinski definition) is 2. The average Bonchev–Trinajstić information content (AvgIpc) is 3.00. The second kappa shape index (κ2) is 8.11. The SMILES string of the molecule is Cl.NC1CCC(NC(=O)c2cnc(-c3ccccc3Cl)s2)CC1. The van der Waals surface area contributed by atoms with E-state index in [1.807, 2.05) is 24.3 Å². The van der Waals surface area contributed by atoms with Gasteiger partial charge in [0.1, 0.15) is 9.88 Å². The van der Waals surface area contributed by atoms with Crippen molar-refractivity contribution >= 4 is 41.3 Å². The molecule has 0 spiro atoms. The minimum Gasteiger partial charge on any atom is -0.349 e. The number of nitrogens with two attached hydrogens (primary N) is 1. The van der Waals surface area contributed by atoms with Crippen LogP contribution in [0.15, 0.2) is 30.5 Å². The predicted molar refractivity (Wildman–Crippen MR) is 97.5 cm³/mol. The van der Waals surface area contributed by atoms with E-state index in [-0.39, 0.29) is 30.4 Å². The molecule has 1 aliphatic carbocycles. The maximum atomic E-state index is 12.3. The van der Waals surface area contributed by atoms with E-state index in [2.05, 4.69) is 10.3 Å². The quantitative estimate of drug-likeness (QED) is 0.859. The molecule has 124 valence electrons. The van der Waals surface area contributed by atoms with Crippen molar-refractivity contribution in [2.24, 2.45) is 5.73 Å². The molecule has 0 saturated heterocycles. The maximum absolute atomic E-state index is 12.3. The topological polar surface area (TPSA) is 68.0 Å². The summed E-state index contributed by atoms with van der Waals surface area (Å²) >= 11 is 7.54. The van der Waals surface area contributed by atoms with Crippen molar-refractivity contribution in [1.82, 2.24) is 10.3 Å². The van der Waals surface area contributed by atoms with Crippen molar-refractivity contribution in [1.29, 1.82) is 0 Å². The Bertz CT molecular complexity index is 669. The van der Waals surface area contributed by atoms with Crippen LogP contribution < -0.4 is 11.1 Å². The van der Waals surface area contributed by atoms with Gasteiger partial charge in [0.15, 0.2) is 0 Å². The number of carbonyl (C=O) groups is 1. The highest BCUT2D eigenvalue weighted by molar-refractivity contribution is 7.17. The van der Waals surface area contributed by atoms with E-state index >= 15 is 0 Å². The van der Waals surface area contributed by atoms with E-state index in [4.69, 9.17) is 17.3 Å². The highest BCUT2D eigenvalue weighted by Crippen LogP contribution is 2.31. The van der Waals surface area contributed by atoms with E-state index in [0.29, 0.717) is 9.90 Å². The molecule has 2 aromatic rings. The molecule has 1 aliphatic rings. The molecule has 0 unspecified atom stereocenters. The number of halogens is 2. The summed E-state index contributed by atoms with van der Waals surface area (Å²) in [6.07, 6.45) is 5.45. The number of benzene rings is 1. The molecule has 0 atom stereocenters. The first kappa shape index (κ1) is 18.2. The molecule has 4 nitrogen and oxygen atoms in total. The van der Waals surface area contributed by atoms with E-state index in [9.17, 15) is 4.79 Å². The lowest BCUT2D eigenvalue weighted by molar-refractivity contribution is 0.0930. The highest BCUT2D eigenvalue weighted by Gasteiger charge is 2.21. The van der Waals surface area contributed by atoms with Crippen LogP contribution in [0.1, 0.15) is 35.4 Å². The van der Waals surface area contributed by atoms with Crippen LogP contribution >= 0.6 is 35.3 Å². The Balaban J connectivity index is 0.00000192. The van der Waals surface area contributed by atoms with Gasteiger partial charge >= 0.3 is 0 Å². The van der Waals surface area contributed by atoms with Crippen LogP contribution in [-0.2, 0) is 0 Å². The molecular weight excluding hydrogens is 353 g/mol. The smallest absolute Gasteiger partial charge is 0.263 e. The van der Waals surface area contributed by atoms with Gasteiger partial charge in [0.2, 0.25) is 0 Å². The van der Waals surface area contributed by atoms with Crippen LogP contribution in [0, 0.1) is 0 Å². The standard InChI is InChI=1S/C16H18ClN3OS.ClH/c17-13-4-2-1-3-12(13)16-19-9-14(22-16)15(21)20-11-7-5-10(18)6-8-11;/h1-4,9-11H,5-8,18H2,(H,20,21);1H. The number of amides is 1. The molecule has 1 aromatic carbocycles. The van der Waals surface area contributed by atoms with Gasteiger partial charge in [-0.2, -0.15) is 0 Å². The molecule has 7 heteroatoms. The van der Waals surface area contributed by atoms with Crippen LogP contribution in [0.4, 0.5) is 0 Å². The summed E-state index contributed by atoms with van der Waals surface area (Å²) in [4.78, 5) is 17.3. The molecule has 1 aromatic heterocycles. The third-order valence-corrected chi connectivity index (χ3v) is 5.30. The fourth-order valence-electron chi connectivity index (χ4n) is 2.66. The van der Waals surface area contributed by atoms with Gasteiger partial charge in [-0.05, 0) is 31.7 Å².